The molecule has 5 heteroatoms. The molecule has 0 unspecified atom stereocenters. The molecule has 0 saturated heterocycles. The molecule has 0 aliphatic heterocycles. The summed E-state index contributed by atoms with van der Waals surface area (Å²) >= 11 is 0. The molecule has 5 nitrogen and oxygen atoms in total. The van der Waals surface area contributed by atoms with Crippen LogP contribution in [0.2, 0.25) is 0 Å². The fourth-order valence-corrected chi connectivity index (χ4v) is 0.710. The lowest BCUT2D eigenvalue weighted by molar-refractivity contribution is 0.0590. The molecule has 0 amide bonds. The number of methoxy groups -OCH3 is 1. The molecule has 0 radical (unpaired) electrons. The number of carbonyl (C=O) groups excluding carboxylic acids is 1. The summed E-state index contributed by atoms with van der Waals surface area (Å²) in [5, 5.41) is 14.7. The van der Waals surface area contributed by atoms with Crippen molar-refractivity contribution in [2.24, 2.45) is 0 Å². The van der Waals surface area contributed by atoms with Crippen molar-refractivity contribution in [1.29, 1.82) is 0 Å². The number of rotatable bonds is 2. The van der Waals surface area contributed by atoms with E-state index in [-0.39, 0.29) is 12.3 Å². The number of nitrogens with one attached hydrogen (secondary N) is 1. The third kappa shape index (κ3) is 1.38. The zero-order valence-corrected chi connectivity index (χ0v) is 6.00. The van der Waals surface area contributed by atoms with E-state index in [1.165, 1.54) is 13.3 Å². The van der Waals surface area contributed by atoms with E-state index < -0.39 is 5.97 Å². The molecule has 1 aromatic rings. The highest BCUT2D eigenvalue weighted by Gasteiger charge is 2.12. The zero-order chi connectivity index (χ0) is 8.27. The number of aromatic amines is 1. The van der Waals surface area contributed by atoms with Gasteiger partial charge in [0.15, 0.2) is 0 Å². The number of hydrogen-bond acceptors (Lipinski definition) is 4. The molecule has 1 rings (SSSR count). The van der Waals surface area contributed by atoms with Crippen LogP contribution in [-0.4, -0.2) is 28.4 Å². The summed E-state index contributed by atoms with van der Waals surface area (Å²) in [4.78, 5) is 10.8. The number of ether oxygens (including phenoxy) is 1. The van der Waals surface area contributed by atoms with Crippen molar-refractivity contribution in [1.82, 2.24) is 10.2 Å². The number of H-pyrrole nitrogens is 1. The fraction of sp³-hybridized carbons (Fsp3) is 0.333. The number of aromatic nitrogens is 2. The maximum absolute atomic E-state index is 10.8. The standard InChI is InChI=1S/C6H8N2O3/c1-11-6(10)5-4(3-9)2-7-8-5/h2,9H,3H2,1H3,(H,7,8). The molecule has 60 valence electrons. The molecule has 0 aromatic carbocycles. The van der Waals surface area contributed by atoms with Gasteiger partial charge in [0, 0.05) is 5.56 Å². The van der Waals surface area contributed by atoms with Crippen molar-refractivity contribution in [3.05, 3.63) is 17.5 Å². The van der Waals surface area contributed by atoms with E-state index in [9.17, 15) is 4.79 Å². The maximum Gasteiger partial charge on any atom is 0.356 e. The summed E-state index contributed by atoms with van der Waals surface area (Å²) in [5.74, 6) is -0.522. The Bertz CT molecular complexity index is 256. The van der Waals surface area contributed by atoms with E-state index in [1.54, 1.807) is 0 Å². The number of aliphatic hydroxyl groups excluding tert-OH is 1. The van der Waals surface area contributed by atoms with Crippen molar-refractivity contribution in [2.75, 3.05) is 7.11 Å². The van der Waals surface area contributed by atoms with Gasteiger partial charge in [-0.3, -0.25) is 5.10 Å². The third-order valence-corrected chi connectivity index (χ3v) is 1.28. The van der Waals surface area contributed by atoms with Gasteiger partial charge in [0.05, 0.1) is 19.9 Å². The summed E-state index contributed by atoms with van der Waals surface area (Å²) in [7, 11) is 1.27. The smallest absolute Gasteiger partial charge is 0.356 e. The molecule has 1 heterocycles. The van der Waals surface area contributed by atoms with E-state index in [1.807, 2.05) is 0 Å². The Hall–Kier alpha value is -1.36. The molecular weight excluding hydrogens is 148 g/mol. The van der Waals surface area contributed by atoms with Gasteiger partial charge in [-0.1, -0.05) is 0 Å². The summed E-state index contributed by atoms with van der Waals surface area (Å²) in [5.41, 5.74) is 0.645. The lowest BCUT2D eigenvalue weighted by atomic mass is 10.3. The summed E-state index contributed by atoms with van der Waals surface area (Å²) in [6, 6.07) is 0. The molecule has 0 fully saturated rings. The highest BCUT2D eigenvalue weighted by Crippen LogP contribution is 2.04. The van der Waals surface area contributed by atoms with Crippen LogP contribution in [-0.2, 0) is 11.3 Å². The van der Waals surface area contributed by atoms with Gasteiger partial charge >= 0.3 is 5.97 Å². The summed E-state index contributed by atoms with van der Waals surface area (Å²) < 4.78 is 4.42. The van der Waals surface area contributed by atoms with Gasteiger partial charge in [-0.15, -0.1) is 0 Å². The van der Waals surface area contributed by atoms with Gasteiger partial charge < -0.3 is 9.84 Å². The minimum absolute atomic E-state index is 0.204. The first kappa shape index (κ1) is 7.74. The number of aliphatic hydroxyl groups is 1. The van der Waals surface area contributed by atoms with Crippen LogP contribution in [0, 0.1) is 0 Å². The number of hydrogen-bond donors (Lipinski definition) is 2. The van der Waals surface area contributed by atoms with Gasteiger partial charge in [-0.05, 0) is 0 Å². The average molecular weight is 156 g/mol. The topological polar surface area (TPSA) is 75.2 Å². The van der Waals surface area contributed by atoms with Crippen LogP contribution in [0.25, 0.3) is 0 Å². The van der Waals surface area contributed by atoms with Crippen molar-refractivity contribution in [3.8, 4) is 0 Å². The Morgan fingerprint density at radius 1 is 1.91 bits per heavy atom. The Morgan fingerprint density at radius 2 is 2.64 bits per heavy atom. The second-order valence-electron chi connectivity index (χ2n) is 1.92. The number of esters is 1. The minimum Gasteiger partial charge on any atom is -0.464 e. The molecule has 2 N–H and O–H groups in total. The third-order valence-electron chi connectivity index (χ3n) is 1.28. The van der Waals surface area contributed by atoms with Crippen molar-refractivity contribution in [3.63, 3.8) is 0 Å². The number of nitrogens with zero attached hydrogens (tertiary/aromatic N) is 1. The molecule has 0 spiro atoms. The van der Waals surface area contributed by atoms with Crippen LogP contribution >= 0.6 is 0 Å². The molecular formula is C6H8N2O3. The van der Waals surface area contributed by atoms with Crippen molar-refractivity contribution < 1.29 is 14.6 Å². The quantitative estimate of drug-likeness (QED) is 0.576. The van der Waals surface area contributed by atoms with Crippen LogP contribution in [0.5, 0.6) is 0 Å². The van der Waals surface area contributed by atoms with Gasteiger partial charge in [0.2, 0.25) is 0 Å². The van der Waals surface area contributed by atoms with Crippen LogP contribution in [0.1, 0.15) is 16.1 Å². The minimum atomic E-state index is -0.522. The summed E-state index contributed by atoms with van der Waals surface area (Å²) in [6.07, 6.45) is 1.38. The monoisotopic (exact) mass is 156 g/mol. The van der Waals surface area contributed by atoms with Gasteiger partial charge in [0.25, 0.3) is 0 Å². The van der Waals surface area contributed by atoms with Crippen molar-refractivity contribution >= 4 is 5.97 Å². The first-order valence-corrected chi connectivity index (χ1v) is 3.01. The van der Waals surface area contributed by atoms with Crippen molar-refractivity contribution in [2.45, 2.75) is 6.61 Å². The lowest BCUT2D eigenvalue weighted by Gasteiger charge is -1.95. The van der Waals surface area contributed by atoms with E-state index in [0.29, 0.717) is 5.56 Å². The van der Waals surface area contributed by atoms with Crippen LogP contribution in [0.3, 0.4) is 0 Å². The highest BCUT2D eigenvalue weighted by atomic mass is 16.5. The zero-order valence-electron chi connectivity index (χ0n) is 6.00. The molecule has 1 aromatic heterocycles. The maximum atomic E-state index is 10.8. The van der Waals surface area contributed by atoms with E-state index in [0.717, 1.165) is 0 Å². The van der Waals surface area contributed by atoms with Gasteiger partial charge in [-0.25, -0.2) is 4.79 Å². The Kier molecular flexibility index (Phi) is 2.22. The second-order valence-corrected chi connectivity index (χ2v) is 1.92. The van der Waals surface area contributed by atoms with Crippen LogP contribution in [0.15, 0.2) is 6.20 Å². The first-order valence-electron chi connectivity index (χ1n) is 3.01. The SMILES string of the molecule is COC(=O)c1[nH]ncc1CO. The second kappa shape index (κ2) is 3.16. The Labute approximate surface area is 63.0 Å². The van der Waals surface area contributed by atoms with E-state index in [4.69, 9.17) is 5.11 Å². The predicted molar refractivity (Wildman–Crippen MR) is 35.9 cm³/mol. The molecule has 0 atom stereocenters. The lowest BCUT2D eigenvalue weighted by Crippen LogP contribution is -2.04. The molecule has 0 aliphatic carbocycles. The van der Waals surface area contributed by atoms with Crippen LogP contribution in [0.4, 0.5) is 0 Å². The Morgan fingerprint density at radius 3 is 3.18 bits per heavy atom. The first-order chi connectivity index (χ1) is 5.29. The van der Waals surface area contributed by atoms with E-state index in [2.05, 4.69) is 14.9 Å². The van der Waals surface area contributed by atoms with Gasteiger partial charge in [0.1, 0.15) is 5.69 Å². The average Bonchev–Trinajstić information content (AvgIpc) is 2.50. The van der Waals surface area contributed by atoms with E-state index >= 15 is 0 Å². The highest BCUT2D eigenvalue weighted by molar-refractivity contribution is 5.88. The molecule has 0 saturated carbocycles. The summed E-state index contributed by atoms with van der Waals surface area (Å²) in [6.45, 7) is -0.221. The Balaban J connectivity index is 2.92. The van der Waals surface area contributed by atoms with Crippen LogP contribution < -0.4 is 0 Å². The predicted octanol–water partition coefficient (Wildman–Crippen LogP) is -0.311. The normalized spacial score (nSPS) is 9.64. The molecule has 11 heavy (non-hydrogen) atoms. The number of carbonyl (C=O) groups is 1. The molecule has 0 bridgehead atoms. The molecule has 0 aliphatic rings. The largest absolute Gasteiger partial charge is 0.464 e. The van der Waals surface area contributed by atoms with Gasteiger partial charge in [-0.2, -0.15) is 5.10 Å². The fourth-order valence-electron chi connectivity index (χ4n) is 0.710.